The summed E-state index contributed by atoms with van der Waals surface area (Å²) < 4.78 is 0.815. The summed E-state index contributed by atoms with van der Waals surface area (Å²) in [4.78, 5) is 12.1. The van der Waals surface area contributed by atoms with E-state index in [0.29, 0.717) is 23.7 Å². The number of nitrogens with two attached hydrogens (primary N) is 1. The summed E-state index contributed by atoms with van der Waals surface area (Å²) in [5, 5.41) is 11.8. The molecule has 0 aliphatic carbocycles. The highest BCUT2D eigenvalue weighted by molar-refractivity contribution is 9.10. The molecule has 0 spiro atoms. The fourth-order valence-corrected chi connectivity index (χ4v) is 2.19. The van der Waals surface area contributed by atoms with E-state index in [4.69, 9.17) is 11.0 Å². The normalized spacial score (nSPS) is 12.0. The molecule has 4 nitrogen and oxygen atoms in total. The maximum atomic E-state index is 12.1. The Morgan fingerprint density at radius 1 is 1.53 bits per heavy atom. The molecule has 102 valence electrons. The number of halogens is 1. The number of anilines is 1. The van der Waals surface area contributed by atoms with Gasteiger partial charge in [0, 0.05) is 11.0 Å². The van der Waals surface area contributed by atoms with Crippen LogP contribution in [0.4, 0.5) is 5.69 Å². The first-order valence-electron chi connectivity index (χ1n) is 6.18. The second-order valence-corrected chi connectivity index (χ2v) is 5.77. The molecule has 19 heavy (non-hydrogen) atoms. The van der Waals surface area contributed by atoms with E-state index in [-0.39, 0.29) is 11.8 Å². The second kappa shape index (κ2) is 7.27. The fourth-order valence-electron chi connectivity index (χ4n) is 1.83. The van der Waals surface area contributed by atoms with Gasteiger partial charge in [-0.05, 0) is 30.5 Å². The van der Waals surface area contributed by atoms with Crippen molar-refractivity contribution >= 4 is 27.5 Å². The van der Waals surface area contributed by atoms with Crippen LogP contribution in [0.2, 0.25) is 0 Å². The van der Waals surface area contributed by atoms with E-state index in [1.807, 2.05) is 0 Å². The zero-order valence-electron chi connectivity index (χ0n) is 11.1. The Balaban J connectivity index is 2.86. The third-order valence-electron chi connectivity index (χ3n) is 2.77. The standard InChI is InChI=1S/C14H18BrN3O/c1-9(2)5-11(8-17)14(19)18-13-6-12(15)4-3-10(13)7-16/h3-4,6,9,11H,5,8,17H2,1-2H3,(H,18,19). The largest absolute Gasteiger partial charge is 0.330 e. The van der Waals surface area contributed by atoms with Crippen molar-refractivity contribution in [1.29, 1.82) is 5.26 Å². The van der Waals surface area contributed by atoms with Crippen LogP contribution in [0.5, 0.6) is 0 Å². The number of carbonyl (C=O) groups excluding carboxylic acids is 1. The van der Waals surface area contributed by atoms with Gasteiger partial charge in [-0.25, -0.2) is 0 Å². The molecule has 0 heterocycles. The summed E-state index contributed by atoms with van der Waals surface area (Å²) in [5.41, 5.74) is 6.60. The minimum absolute atomic E-state index is 0.134. The average molecular weight is 324 g/mol. The van der Waals surface area contributed by atoms with Crippen molar-refractivity contribution in [3.05, 3.63) is 28.2 Å². The van der Waals surface area contributed by atoms with Gasteiger partial charge in [0.1, 0.15) is 6.07 Å². The Kier molecular flexibility index (Phi) is 6.00. The maximum absolute atomic E-state index is 12.1. The maximum Gasteiger partial charge on any atom is 0.228 e. The molecule has 0 bridgehead atoms. The number of nitriles is 1. The summed E-state index contributed by atoms with van der Waals surface area (Å²) >= 11 is 3.32. The Morgan fingerprint density at radius 2 is 2.21 bits per heavy atom. The number of amides is 1. The van der Waals surface area contributed by atoms with Crippen LogP contribution in [-0.4, -0.2) is 12.5 Å². The third-order valence-corrected chi connectivity index (χ3v) is 3.26. The summed E-state index contributed by atoms with van der Waals surface area (Å²) in [6.07, 6.45) is 0.734. The van der Waals surface area contributed by atoms with Crippen LogP contribution in [0.3, 0.4) is 0 Å². The van der Waals surface area contributed by atoms with Crippen molar-refractivity contribution in [2.24, 2.45) is 17.6 Å². The zero-order chi connectivity index (χ0) is 14.4. The predicted molar refractivity (Wildman–Crippen MR) is 79.5 cm³/mol. The number of rotatable bonds is 5. The summed E-state index contributed by atoms with van der Waals surface area (Å²) in [7, 11) is 0. The lowest BCUT2D eigenvalue weighted by molar-refractivity contribution is -0.120. The number of hydrogen-bond acceptors (Lipinski definition) is 3. The van der Waals surface area contributed by atoms with Crippen LogP contribution < -0.4 is 11.1 Å². The number of carbonyl (C=O) groups is 1. The van der Waals surface area contributed by atoms with E-state index in [2.05, 4.69) is 41.2 Å². The average Bonchev–Trinajstić information content (AvgIpc) is 2.35. The van der Waals surface area contributed by atoms with Gasteiger partial charge in [0.15, 0.2) is 0 Å². The van der Waals surface area contributed by atoms with E-state index >= 15 is 0 Å². The van der Waals surface area contributed by atoms with Crippen LogP contribution in [0.1, 0.15) is 25.8 Å². The van der Waals surface area contributed by atoms with Crippen molar-refractivity contribution in [2.75, 3.05) is 11.9 Å². The molecule has 0 aliphatic rings. The molecule has 1 aromatic carbocycles. The van der Waals surface area contributed by atoms with Crippen molar-refractivity contribution in [3.63, 3.8) is 0 Å². The van der Waals surface area contributed by atoms with E-state index in [1.54, 1.807) is 18.2 Å². The number of hydrogen-bond donors (Lipinski definition) is 2. The van der Waals surface area contributed by atoms with Crippen molar-refractivity contribution < 1.29 is 4.79 Å². The highest BCUT2D eigenvalue weighted by Crippen LogP contribution is 2.22. The first-order valence-corrected chi connectivity index (χ1v) is 6.97. The topological polar surface area (TPSA) is 78.9 Å². The van der Waals surface area contributed by atoms with Crippen LogP contribution in [0.15, 0.2) is 22.7 Å². The molecule has 3 N–H and O–H groups in total. The zero-order valence-corrected chi connectivity index (χ0v) is 12.7. The van der Waals surface area contributed by atoms with Gasteiger partial charge >= 0.3 is 0 Å². The van der Waals surface area contributed by atoms with Crippen LogP contribution in [0, 0.1) is 23.2 Å². The number of nitrogens with one attached hydrogen (secondary N) is 1. The van der Waals surface area contributed by atoms with Gasteiger partial charge in [-0.3, -0.25) is 4.79 Å². The van der Waals surface area contributed by atoms with Gasteiger partial charge in [-0.1, -0.05) is 29.8 Å². The molecule has 1 atom stereocenters. The second-order valence-electron chi connectivity index (χ2n) is 4.85. The van der Waals surface area contributed by atoms with Crippen molar-refractivity contribution in [1.82, 2.24) is 0 Å². The molecular weight excluding hydrogens is 306 g/mol. The minimum Gasteiger partial charge on any atom is -0.330 e. The van der Waals surface area contributed by atoms with Crippen LogP contribution >= 0.6 is 15.9 Å². The van der Waals surface area contributed by atoms with Gasteiger partial charge in [-0.2, -0.15) is 5.26 Å². The Bertz CT molecular complexity index is 494. The highest BCUT2D eigenvalue weighted by Gasteiger charge is 2.19. The highest BCUT2D eigenvalue weighted by atomic mass is 79.9. The van der Waals surface area contributed by atoms with Gasteiger partial charge in [0.25, 0.3) is 0 Å². The first-order chi connectivity index (χ1) is 8.97. The molecule has 1 rings (SSSR count). The molecule has 0 radical (unpaired) electrons. The molecule has 0 saturated carbocycles. The number of benzene rings is 1. The van der Waals surface area contributed by atoms with Gasteiger partial charge in [-0.15, -0.1) is 0 Å². The molecular formula is C14H18BrN3O. The Labute approximate surface area is 122 Å². The van der Waals surface area contributed by atoms with Gasteiger partial charge in [0.2, 0.25) is 5.91 Å². The summed E-state index contributed by atoms with van der Waals surface area (Å²) in [6.45, 7) is 4.41. The van der Waals surface area contributed by atoms with Crippen LogP contribution in [-0.2, 0) is 4.79 Å². The van der Waals surface area contributed by atoms with E-state index in [1.165, 1.54) is 0 Å². The van der Waals surface area contributed by atoms with Crippen LogP contribution in [0.25, 0.3) is 0 Å². The lowest BCUT2D eigenvalue weighted by Gasteiger charge is -2.17. The van der Waals surface area contributed by atoms with E-state index in [9.17, 15) is 4.79 Å². The molecule has 0 aromatic heterocycles. The van der Waals surface area contributed by atoms with E-state index < -0.39 is 0 Å². The summed E-state index contributed by atoms with van der Waals surface area (Å²) in [6, 6.07) is 7.21. The van der Waals surface area contributed by atoms with Gasteiger partial charge < -0.3 is 11.1 Å². The van der Waals surface area contributed by atoms with Crippen molar-refractivity contribution in [3.8, 4) is 6.07 Å². The lowest BCUT2D eigenvalue weighted by atomic mass is 9.96. The van der Waals surface area contributed by atoms with Crippen molar-refractivity contribution in [2.45, 2.75) is 20.3 Å². The SMILES string of the molecule is CC(C)CC(CN)C(=O)Nc1cc(Br)ccc1C#N. The number of nitrogens with zero attached hydrogens (tertiary/aromatic N) is 1. The molecule has 0 fully saturated rings. The molecule has 1 amide bonds. The third kappa shape index (κ3) is 4.66. The molecule has 1 unspecified atom stereocenters. The minimum atomic E-state index is -0.231. The first kappa shape index (κ1) is 15.7. The van der Waals surface area contributed by atoms with E-state index in [0.717, 1.165) is 10.9 Å². The smallest absolute Gasteiger partial charge is 0.228 e. The predicted octanol–water partition coefficient (Wildman–Crippen LogP) is 2.88. The molecule has 0 saturated heterocycles. The fraction of sp³-hybridized carbons (Fsp3) is 0.429. The quantitative estimate of drug-likeness (QED) is 0.874. The molecule has 0 aliphatic heterocycles. The molecule has 5 heteroatoms. The summed E-state index contributed by atoms with van der Waals surface area (Å²) in [5.74, 6) is 0.0357. The Hall–Kier alpha value is -1.38. The lowest BCUT2D eigenvalue weighted by Crippen LogP contribution is -2.30. The Morgan fingerprint density at radius 3 is 2.74 bits per heavy atom. The monoisotopic (exact) mass is 323 g/mol. The van der Waals surface area contributed by atoms with Gasteiger partial charge in [0.05, 0.1) is 17.2 Å². The molecule has 1 aromatic rings.